The first-order valence-corrected chi connectivity index (χ1v) is 8.77. The highest BCUT2D eigenvalue weighted by Crippen LogP contribution is 2.29. The third-order valence-electron chi connectivity index (χ3n) is 4.35. The Labute approximate surface area is 158 Å². The first-order valence-electron chi connectivity index (χ1n) is 8.77. The summed E-state index contributed by atoms with van der Waals surface area (Å²) in [6.07, 6.45) is 0. The zero-order chi connectivity index (χ0) is 18.6. The lowest BCUT2D eigenvalue weighted by Gasteiger charge is -2.12. The van der Waals surface area contributed by atoms with Crippen LogP contribution in [0.25, 0.3) is 10.9 Å². The van der Waals surface area contributed by atoms with Gasteiger partial charge in [0.05, 0.1) is 12.6 Å². The smallest absolute Gasteiger partial charge is 0.131 e. The van der Waals surface area contributed by atoms with Crippen LogP contribution in [0.2, 0.25) is 0 Å². The minimum Gasteiger partial charge on any atom is -0.497 e. The van der Waals surface area contributed by atoms with Gasteiger partial charge in [-0.3, -0.25) is 0 Å². The van der Waals surface area contributed by atoms with Gasteiger partial charge in [-0.05, 0) is 73.2 Å². The van der Waals surface area contributed by atoms with Crippen LogP contribution in [0.1, 0.15) is 5.56 Å². The first-order chi connectivity index (χ1) is 13.2. The molecule has 0 amide bonds. The second kappa shape index (κ2) is 7.38. The van der Waals surface area contributed by atoms with Crippen molar-refractivity contribution in [2.24, 2.45) is 0 Å². The molecule has 0 unspecified atom stereocenters. The lowest BCUT2D eigenvalue weighted by Crippen LogP contribution is -1.96. The van der Waals surface area contributed by atoms with E-state index in [1.165, 1.54) is 0 Å². The topological polar surface area (TPSA) is 43.4 Å². The molecule has 0 radical (unpaired) electrons. The maximum atomic E-state index is 5.92. The molecule has 4 heteroatoms. The molecular formula is C23H20N2O2. The summed E-state index contributed by atoms with van der Waals surface area (Å²) in [5.74, 6) is 3.18. The quantitative estimate of drug-likeness (QED) is 0.470. The molecule has 0 saturated carbocycles. The molecule has 0 atom stereocenters. The number of nitrogens with one attached hydrogen (secondary N) is 1. The summed E-state index contributed by atoms with van der Waals surface area (Å²) in [6, 6.07) is 25.6. The van der Waals surface area contributed by atoms with E-state index in [0.29, 0.717) is 0 Å². The van der Waals surface area contributed by atoms with Crippen LogP contribution in [-0.2, 0) is 0 Å². The SMILES string of the molecule is COc1ccc(Oc2ccc(Nc3ccc4ccccc4n3)c(C)c2)cc1. The third-order valence-corrected chi connectivity index (χ3v) is 4.35. The Morgan fingerprint density at radius 1 is 0.778 bits per heavy atom. The van der Waals surface area contributed by atoms with E-state index in [0.717, 1.165) is 45.2 Å². The summed E-state index contributed by atoms with van der Waals surface area (Å²) in [5, 5.41) is 4.52. The van der Waals surface area contributed by atoms with E-state index in [4.69, 9.17) is 9.47 Å². The van der Waals surface area contributed by atoms with Gasteiger partial charge in [-0.15, -0.1) is 0 Å². The number of aromatic nitrogens is 1. The minimum atomic E-state index is 0.770. The largest absolute Gasteiger partial charge is 0.497 e. The van der Waals surface area contributed by atoms with Gasteiger partial charge in [-0.25, -0.2) is 4.98 Å². The molecule has 0 saturated heterocycles. The third kappa shape index (κ3) is 3.85. The molecule has 1 heterocycles. The van der Waals surface area contributed by atoms with Gasteiger partial charge in [0.25, 0.3) is 0 Å². The van der Waals surface area contributed by atoms with E-state index < -0.39 is 0 Å². The lowest BCUT2D eigenvalue weighted by atomic mass is 10.2. The van der Waals surface area contributed by atoms with Crippen LogP contribution in [0.15, 0.2) is 78.9 Å². The van der Waals surface area contributed by atoms with Gasteiger partial charge in [0.1, 0.15) is 23.1 Å². The van der Waals surface area contributed by atoms with Crippen LogP contribution in [0.5, 0.6) is 17.2 Å². The van der Waals surface area contributed by atoms with Crippen molar-refractivity contribution >= 4 is 22.4 Å². The fourth-order valence-corrected chi connectivity index (χ4v) is 2.89. The molecule has 0 bridgehead atoms. The molecule has 4 rings (SSSR count). The predicted molar refractivity (Wildman–Crippen MR) is 109 cm³/mol. The number of anilines is 2. The fraction of sp³-hybridized carbons (Fsp3) is 0.0870. The molecule has 27 heavy (non-hydrogen) atoms. The molecule has 4 nitrogen and oxygen atoms in total. The van der Waals surface area contributed by atoms with Crippen molar-refractivity contribution in [1.29, 1.82) is 0 Å². The van der Waals surface area contributed by atoms with Gasteiger partial charge in [-0.1, -0.05) is 18.2 Å². The standard InChI is InChI=1S/C23H20N2O2/c1-16-15-20(27-19-10-8-18(26-2)9-11-19)12-13-21(16)24-23-14-7-17-5-3-4-6-22(17)25-23/h3-15H,1-2H3,(H,24,25). The second-order valence-electron chi connectivity index (χ2n) is 6.27. The molecule has 0 aliphatic rings. The molecule has 134 valence electrons. The van der Waals surface area contributed by atoms with Crippen molar-refractivity contribution in [1.82, 2.24) is 4.98 Å². The Balaban J connectivity index is 1.51. The number of ether oxygens (including phenoxy) is 2. The second-order valence-corrected chi connectivity index (χ2v) is 6.27. The molecule has 0 aliphatic carbocycles. The van der Waals surface area contributed by atoms with Crippen molar-refractivity contribution in [2.75, 3.05) is 12.4 Å². The Morgan fingerprint density at radius 3 is 2.30 bits per heavy atom. The summed E-state index contributed by atoms with van der Waals surface area (Å²) < 4.78 is 11.1. The highest BCUT2D eigenvalue weighted by atomic mass is 16.5. The number of methoxy groups -OCH3 is 1. The van der Waals surface area contributed by atoms with Crippen LogP contribution in [0, 0.1) is 6.92 Å². The maximum absolute atomic E-state index is 5.92. The number of hydrogen-bond donors (Lipinski definition) is 1. The zero-order valence-electron chi connectivity index (χ0n) is 15.3. The van der Waals surface area contributed by atoms with E-state index in [-0.39, 0.29) is 0 Å². The molecule has 3 aromatic carbocycles. The van der Waals surface area contributed by atoms with E-state index in [9.17, 15) is 0 Å². The molecular weight excluding hydrogens is 336 g/mol. The number of nitrogens with zero attached hydrogens (tertiary/aromatic N) is 1. The Bertz CT molecular complexity index is 1080. The van der Waals surface area contributed by atoms with E-state index in [1.54, 1.807) is 7.11 Å². The number of aryl methyl sites for hydroxylation is 1. The lowest BCUT2D eigenvalue weighted by molar-refractivity contribution is 0.413. The van der Waals surface area contributed by atoms with Crippen molar-refractivity contribution in [3.05, 3.63) is 84.4 Å². The van der Waals surface area contributed by atoms with Crippen molar-refractivity contribution < 1.29 is 9.47 Å². The van der Waals surface area contributed by atoms with Gasteiger partial charge in [0.15, 0.2) is 0 Å². The van der Waals surface area contributed by atoms with Crippen molar-refractivity contribution in [3.63, 3.8) is 0 Å². The maximum Gasteiger partial charge on any atom is 0.131 e. The normalized spacial score (nSPS) is 10.6. The summed E-state index contributed by atoms with van der Waals surface area (Å²) in [4.78, 5) is 4.66. The molecule has 1 N–H and O–H groups in total. The number of benzene rings is 3. The van der Waals surface area contributed by atoms with E-state index in [1.807, 2.05) is 73.7 Å². The van der Waals surface area contributed by atoms with E-state index in [2.05, 4.69) is 22.4 Å². The monoisotopic (exact) mass is 356 g/mol. The average molecular weight is 356 g/mol. The first kappa shape index (κ1) is 16.9. The average Bonchev–Trinajstić information content (AvgIpc) is 2.70. The summed E-state index contributed by atoms with van der Waals surface area (Å²) in [7, 11) is 1.65. The molecule has 0 aliphatic heterocycles. The highest BCUT2D eigenvalue weighted by Gasteiger charge is 2.05. The van der Waals surface area contributed by atoms with Gasteiger partial charge in [-0.2, -0.15) is 0 Å². The van der Waals surface area contributed by atoms with Crippen molar-refractivity contribution in [3.8, 4) is 17.2 Å². The van der Waals surface area contributed by atoms with Crippen molar-refractivity contribution in [2.45, 2.75) is 6.92 Å². The number of para-hydroxylation sites is 1. The summed E-state index contributed by atoms with van der Waals surface area (Å²) in [5.41, 5.74) is 3.05. The van der Waals surface area contributed by atoms with E-state index >= 15 is 0 Å². The fourth-order valence-electron chi connectivity index (χ4n) is 2.89. The van der Waals surface area contributed by atoms with Crippen LogP contribution in [-0.4, -0.2) is 12.1 Å². The molecule has 4 aromatic rings. The van der Waals surface area contributed by atoms with Crippen LogP contribution < -0.4 is 14.8 Å². The number of rotatable bonds is 5. The van der Waals surface area contributed by atoms with Gasteiger partial charge in [0.2, 0.25) is 0 Å². The minimum absolute atomic E-state index is 0.770. The van der Waals surface area contributed by atoms with Crippen LogP contribution in [0.3, 0.4) is 0 Å². The van der Waals surface area contributed by atoms with Gasteiger partial charge < -0.3 is 14.8 Å². The highest BCUT2D eigenvalue weighted by molar-refractivity contribution is 5.80. The Morgan fingerprint density at radius 2 is 1.52 bits per heavy atom. The van der Waals surface area contributed by atoms with Gasteiger partial charge in [0, 0.05) is 11.1 Å². The number of fused-ring (bicyclic) bond motifs is 1. The predicted octanol–water partition coefficient (Wildman–Crippen LogP) is 6.09. The molecule has 0 spiro atoms. The van der Waals surface area contributed by atoms with Crippen LogP contribution in [0.4, 0.5) is 11.5 Å². The number of pyridine rings is 1. The molecule has 1 aromatic heterocycles. The Kier molecular flexibility index (Phi) is 4.62. The summed E-state index contributed by atoms with van der Waals surface area (Å²) in [6.45, 7) is 2.05. The van der Waals surface area contributed by atoms with Gasteiger partial charge >= 0.3 is 0 Å². The Hall–Kier alpha value is -3.53. The number of hydrogen-bond acceptors (Lipinski definition) is 4. The summed E-state index contributed by atoms with van der Waals surface area (Å²) >= 11 is 0. The molecule has 0 fully saturated rings. The zero-order valence-corrected chi connectivity index (χ0v) is 15.3. The van der Waals surface area contributed by atoms with Crippen LogP contribution >= 0.6 is 0 Å².